The molecule has 20 heavy (non-hydrogen) atoms. The molecule has 0 atom stereocenters. The molecule has 106 valence electrons. The number of phenols is 1. The van der Waals surface area contributed by atoms with E-state index in [0.29, 0.717) is 17.9 Å². The minimum Gasteiger partial charge on any atom is -0.504 e. The molecule has 2 rings (SSSR count). The fourth-order valence-electron chi connectivity index (χ4n) is 1.82. The van der Waals surface area contributed by atoms with Crippen LogP contribution < -0.4 is 4.74 Å². The van der Waals surface area contributed by atoms with Crippen LogP contribution in [0.15, 0.2) is 34.9 Å². The van der Waals surface area contributed by atoms with Crippen molar-refractivity contribution in [1.82, 2.24) is 4.90 Å². The van der Waals surface area contributed by atoms with Crippen LogP contribution in [0.1, 0.15) is 15.9 Å². The van der Waals surface area contributed by atoms with Crippen molar-refractivity contribution < 1.29 is 19.1 Å². The van der Waals surface area contributed by atoms with Crippen LogP contribution in [0.25, 0.3) is 0 Å². The predicted octanol–water partition coefficient (Wildman–Crippen LogP) is 2.92. The Balaban J connectivity index is 2.14. The molecule has 0 spiro atoms. The molecule has 1 heterocycles. The molecular formula is C14H14ClNO4. The molecule has 0 aliphatic carbocycles. The average molecular weight is 296 g/mol. The van der Waals surface area contributed by atoms with Gasteiger partial charge in [-0.05, 0) is 35.4 Å². The topological polar surface area (TPSA) is 62.9 Å². The maximum Gasteiger partial charge on any atom is 0.258 e. The third-order valence-electron chi connectivity index (χ3n) is 2.86. The van der Waals surface area contributed by atoms with Crippen LogP contribution in [0.5, 0.6) is 11.5 Å². The fourth-order valence-corrected chi connectivity index (χ4v) is 2.01. The number of furan rings is 1. The van der Waals surface area contributed by atoms with Crippen molar-refractivity contribution in [2.45, 2.75) is 6.54 Å². The lowest BCUT2D eigenvalue weighted by atomic mass is 10.2. The molecule has 0 aliphatic rings. The average Bonchev–Trinajstić information content (AvgIpc) is 2.86. The molecule has 0 unspecified atom stereocenters. The van der Waals surface area contributed by atoms with Crippen LogP contribution in [-0.2, 0) is 6.54 Å². The van der Waals surface area contributed by atoms with Crippen LogP contribution in [0, 0.1) is 0 Å². The number of ether oxygens (including phenoxy) is 1. The van der Waals surface area contributed by atoms with Gasteiger partial charge in [-0.15, -0.1) is 0 Å². The predicted molar refractivity (Wildman–Crippen MR) is 74.2 cm³/mol. The highest BCUT2D eigenvalue weighted by molar-refractivity contribution is 6.32. The number of phenolic OH excluding ortho intramolecular Hbond substituents is 1. The van der Waals surface area contributed by atoms with E-state index in [9.17, 15) is 9.90 Å². The Bertz CT molecular complexity index is 623. The highest BCUT2D eigenvalue weighted by Gasteiger charge is 2.17. The van der Waals surface area contributed by atoms with E-state index in [4.69, 9.17) is 20.8 Å². The Labute approximate surface area is 121 Å². The summed E-state index contributed by atoms with van der Waals surface area (Å²) in [5, 5.41) is 9.60. The summed E-state index contributed by atoms with van der Waals surface area (Å²) in [6, 6.07) is 6.45. The molecule has 0 aliphatic heterocycles. The summed E-state index contributed by atoms with van der Waals surface area (Å²) in [6.07, 6.45) is 1.37. The number of nitrogens with zero attached hydrogens (tertiary/aromatic N) is 1. The summed E-state index contributed by atoms with van der Waals surface area (Å²) in [4.78, 5) is 13.7. The van der Waals surface area contributed by atoms with E-state index in [2.05, 4.69) is 0 Å². The highest BCUT2D eigenvalue weighted by Crippen LogP contribution is 2.27. The van der Waals surface area contributed by atoms with E-state index in [1.807, 2.05) is 0 Å². The fraction of sp³-hybridized carbons (Fsp3) is 0.214. The van der Waals surface area contributed by atoms with Crippen LogP contribution in [0.4, 0.5) is 0 Å². The number of methoxy groups -OCH3 is 1. The number of carbonyl (C=O) groups is 1. The van der Waals surface area contributed by atoms with E-state index in [1.54, 1.807) is 19.2 Å². The number of hydrogen-bond donors (Lipinski definition) is 1. The standard InChI is InChI=1S/C14H14ClNO4/c1-16(14(18)10-5-6-20-13(10)15)8-9-3-4-11(17)12(7-9)19-2/h3-7,17H,8H2,1-2H3. The molecule has 1 aromatic heterocycles. The lowest BCUT2D eigenvalue weighted by molar-refractivity contribution is 0.0784. The van der Waals surface area contributed by atoms with Gasteiger partial charge in [-0.3, -0.25) is 4.79 Å². The molecule has 5 nitrogen and oxygen atoms in total. The van der Waals surface area contributed by atoms with Gasteiger partial charge in [0, 0.05) is 13.6 Å². The van der Waals surface area contributed by atoms with Crippen LogP contribution in [-0.4, -0.2) is 30.1 Å². The van der Waals surface area contributed by atoms with Gasteiger partial charge in [-0.2, -0.15) is 0 Å². The van der Waals surface area contributed by atoms with E-state index in [1.165, 1.54) is 30.4 Å². The van der Waals surface area contributed by atoms with Gasteiger partial charge < -0.3 is 19.2 Å². The van der Waals surface area contributed by atoms with Gasteiger partial charge in [0.2, 0.25) is 5.22 Å². The first-order chi connectivity index (χ1) is 9.52. The number of halogens is 1. The number of aromatic hydroxyl groups is 1. The molecule has 6 heteroatoms. The van der Waals surface area contributed by atoms with Crippen LogP contribution in [0.3, 0.4) is 0 Å². The lowest BCUT2D eigenvalue weighted by Crippen LogP contribution is -2.26. The van der Waals surface area contributed by atoms with Gasteiger partial charge in [-0.25, -0.2) is 0 Å². The van der Waals surface area contributed by atoms with Crippen molar-refractivity contribution in [2.75, 3.05) is 14.2 Å². The number of amides is 1. The molecule has 2 aromatic rings. The maximum atomic E-state index is 12.2. The summed E-state index contributed by atoms with van der Waals surface area (Å²) in [6.45, 7) is 0.358. The van der Waals surface area contributed by atoms with Gasteiger partial charge in [0.25, 0.3) is 5.91 Å². The molecule has 0 fully saturated rings. The van der Waals surface area contributed by atoms with Gasteiger partial charge in [0.05, 0.1) is 18.9 Å². The monoisotopic (exact) mass is 295 g/mol. The van der Waals surface area contributed by atoms with Crippen molar-refractivity contribution in [3.05, 3.63) is 46.9 Å². The van der Waals surface area contributed by atoms with Crippen molar-refractivity contribution in [2.24, 2.45) is 0 Å². The lowest BCUT2D eigenvalue weighted by Gasteiger charge is -2.17. The quantitative estimate of drug-likeness (QED) is 0.942. The Hall–Kier alpha value is -2.14. The SMILES string of the molecule is COc1cc(CN(C)C(=O)c2ccoc2Cl)ccc1O. The minimum atomic E-state index is -0.240. The second-order valence-corrected chi connectivity index (χ2v) is 4.62. The van der Waals surface area contributed by atoms with E-state index < -0.39 is 0 Å². The zero-order valence-corrected chi connectivity index (χ0v) is 11.8. The Kier molecular flexibility index (Phi) is 4.20. The number of hydrogen-bond acceptors (Lipinski definition) is 4. The molecule has 0 radical (unpaired) electrons. The Morgan fingerprint density at radius 3 is 2.80 bits per heavy atom. The molecular weight excluding hydrogens is 282 g/mol. The largest absolute Gasteiger partial charge is 0.504 e. The Morgan fingerprint density at radius 1 is 1.45 bits per heavy atom. The van der Waals surface area contributed by atoms with Crippen LogP contribution in [0.2, 0.25) is 5.22 Å². The van der Waals surface area contributed by atoms with Gasteiger partial charge in [-0.1, -0.05) is 6.07 Å². The van der Waals surface area contributed by atoms with E-state index in [0.717, 1.165) is 5.56 Å². The zero-order valence-electron chi connectivity index (χ0n) is 11.1. The second-order valence-electron chi connectivity index (χ2n) is 4.28. The van der Waals surface area contributed by atoms with Crippen molar-refractivity contribution in [3.63, 3.8) is 0 Å². The number of carbonyl (C=O) groups excluding carboxylic acids is 1. The number of benzene rings is 1. The molecule has 0 bridgehead atoms. The molecule has 0 saturated heterocycles. The summed E-state index contributed by atoms with van der Waals surface area (Å²) in [5.74, 6) is 0.184. The van der Waals surface area contributed by atoms with E-state index in [-0.39, 0.29) is 16.9 Å². The minimum absolute atomic E-state index is 0.0584. The van der Waals surface area contributed by atoms with E-state index >= 15 is 0 Å². The normalized spacial score (nSPS) is 10.3. The smallest absolute Gasteiger partial charge is 0.258 e. The third-order valence-corrected chi connectivity index (χ3v) is 3.15. The van der Waals surface area contributed by atoms with Crippen molar-refractivity contribution >= 4 is 17.5 Å². The first kappa shape index (κ1) is 14.3. The van der Waals surface area contributed by atoms with Crippen LogP contribution >= 0.6 is 11.6 Å². The zero-order chi connectivity index (χ0) is 14.7. The summed E-state index contributed by atoms with van der Waals surface area (Å²) < 4.78 is 9.93. The van der Waals surface area contributed by atoms with Crippen molar-refractivity contribution in [1.29, 1.82) is 0 Å². The Morgan fingerprint density at radius 2 is 2.20 bits per heavy atom. The molecule has 0 saturated carbocycles. The number of rotatable bonds is 4. The third kappa shape index (κ3) is 2.88. The first-order valence-electron chi connectivity index (χ1n) is 5.87. The molecule has 1 N–H and O–H groups in total. The summed E-state index contributed by atoms with van der Waals surface area (Å²) in [5.41, 5.74) is 1.15. The molecule has 1 aromatic carbocycles. The van der Waals surface area contributed by atoms with Gasteiger partial charge in [0.1, 0.15) is 0 Å². The maximum absolute atomic E-state index is 12.2. The second kappa shape index (κ2) is 5.88. The molecule has 1 amide bonds. The van der Waals surface area contributed by atoms with Gasteiger partial charge in [0.15, 0.2) is 11.5 Å². The first-order valence-corrected chi connectivity index (χ1v) is 6.25. The highest BCUT2D eigenvalue weighted by atomic mass is 35.5. The van der Waals surface area contributed by atoms with Gasteiger partial charge >= 0.3 is 0 Å². The summed E-state index contributed by atoms with van der Waals surface area (Å²) in [7, 11) is 3.13. The van der Waals surface area contributed by atoms with Crippen molar-refractivity contribution in [3.8, 4) is 11.5 Å². The summed E-state index contributed by atoms with van der Waals surface area (Å²) >= 11 is 5.78.